The number of carbonyl (C=O) groups excluding carboxylic acids is 1. The van der Waals surface area contributed by atoms with Gasteiger partial charge in [0.25, 0.3) is 0 Å². The number of aliphatic carboxylic acids is 1. The molecule has 1 aromatic carbocycles. The first-order chi connectivity index (χ1) is 7.90. The van der Waals surface area contributed by atoms with Crippen LogP contribution in [0.25, 0.3) is 6.08 Å². The van der Waals surface area contributed by atoms with Crippen LogP contribution in [0.5, 0.6) is 5.75 Å². The molecule has 0 spiro atoms. The molecule has 0 radical (unpaired) electrons. The normalized spacial score (nSPS) is 10.5. The van der Waals surface area contributed by atoms with Crippen molar-refractivity contribution in [1.82, 2.24) is 0 Å². The summed E-state index contributed by atoms with van der Waals surface area (Å²) in [5.41, 5.74) is 2.36. The van der Waals surface area contributed by atoms with E-state index in [1.807, 2.05) is 19.9 Å². The molecule has 17 heavy (non-hydrogen) atoms. The molecule has 0 aliphatic heterocycles. The molecule has 1 rings (SSSR count). The van der Waals surface area contributed by atoms with Crippen molar-refractivity contribution in [2.24, 2.45) is 0 Å². The third kappa shape index (κ3) is 3.75. The van der Waals surface area contributed by atoms with Gasteiger partial charge in [-0.2, -0.15) is 0 Å². The molecule has 0 aliphatic rings. The molecule has 1 N–H and O–H groups in total. The number of carboxylic acid groups (broad SMARTS) is 1. The standard InChI is InChI=1S/C13H14O4/c1-8-6-9(2)13(17-10(3)14)11(7-8)4-5-12(15)16/h4-7H,1-3H3,(H,15,16)/b5-4-. The lowest BCUT2D eigenvalue weighted by Gasteiger charge is -2.10. The van der Waals surface area contributed by atoms with Crippen molar-refractivity contribution in [3.8, 4) is 5.75 Å². The fourth-order valence-electron chi connectivity index (χ4n) is 1.56. The molecule has 0 heterocycles. The lowest BCUT2D eigenvalue weighted by atomic mass is 10.1. The zero-order valence-electron chi connectivity index (χ0n) is 9.98. The van der Waals surface area contributed by atoms with E-state index in [1.165, 1.54) is 13.0 Å². The molecular formula is C13H14O4. The Balaban J connectivity index is 3.24. The van der Waals surface area contributed by atoms with Gasteiger partial charge in [-0.25, -0.2) is 4.79 Å². The van der Waals surface area contributed by atoms with E-state index in [2.05, 4.69) is 0 Å². The molecule has 0 saturated heterocycles. The third-order valence-electron chi connectivity index (χ3n) is 2.10. The highest BCUT2D eigenvalue weighted by molar-refractivity contribution is 5.86. The van der Waals surface area contributed by atoms with E-state index in [1.54, 1.807) is 6.07 Å². The van der Waals surface area contributed by atoms with Gasteiger partial charge in [0.05, 0.1) is 0 Å². The topological polar surface area (TPSA) is 63.6 Å². The average molecular weight is 234 g/mol. The van der Waals surface area contributed by atoms with Crippen LogP contribution in [0.1, 0.15) is 23.6 Å². The summed E-state index contributed by atoms with van der Waals surface area (Å²) in [5, 5.41) is 8.59. The van der Waals surface area contributed by atoms with Gasteiger partial charge in [-0.05, 0) is 31.6 Å². The van der Waals surface area contributed by atoms with Crippen LogP contribution in [0.3, 0.4) is 0 Å². The Morgan fingerprint density at radius 3 is 2.47 bits per heavy atom. The lowest BCUT2D eigenvalue weighted by molar-refractivity contribution is -0.132. The number of carbonyl (C=O) groups is 2. The number of ether oxygens (including phenoxy) is 1. The maximum Gasteiger partial charge on any atom is 0.328 e. The first kappa shape index (κ1) is 13.0. The first-order valence-electron chi connectivity index (χ1n) is 5.11. The molecule has 0 saturated carbocycles. The second-order valence-corrected chi connectivity index (χ2v) is 3.77. The van der Waals surface area contributed by atoms with Crippen LogP contribution in [0.15, 0.2) is 18.2 Å². The smallest absolute Gasteiger partial charge is 0.328 e. The second kappa shape index (κ2) is 5.30. The summed E-state index contributed by atoms with van der Waals surface area (Å²) in [6.45, 7) is 5.01. The van der Waals surface area contributed by atoms with Gasteiger partial charge < -0.3 is 9.84 Å². The van der Waals surface area contributed by atoms with Gasteiger partial charge in [0.2, 0.25) is 0 Å². The van der Waals surface area contributed by atoms with E-state index in [0.717, 1.165) is 17.2 Å². The molecule has 0 fully saturated rings. The predicted molar refractivity (Wildman–Crippen MR) is 63.9 cm³/mol. The second-order valence-electron chi connectivity index (χ2n) is 3.77. The number of hydrogen-bond donors (Lipinski definition) is 1. The van der Waals surface area contributed by atoms with Crippen LogP contribution in [0.4, 0.5) is 0 Å². The minimum absolute atomic E-state index is 0.403. The van der Waals surface area contributed by atoms with E-state index in [4.69, 9.17) is 9.84 Å². The maximum absolute atomic E-state index is 11.0. The fraction of sp³-hybridized carbons (Fsp3) is 0.231. The summed E-state index contributed by atoms with van der Waals surface area (Å²) in [4.78, 5) is 21.5. The number of rotatable bonds is 3. The minimum Gasteiger partial charge on any atom is -0.478 e. The largest absolute Gasteiger partial charge is 0.478 e. The zero-order chi connectivity index (χ0) is 13.0. The highest BCUT2D eigenvalue weighted by atomic mass is 16.5. The van der Waals surface area contributed by atoms with Crippen LogP contribution in [0, 0.1) is 13.8 Å². The lowest BCUT2D eigenvalue weighted by Crippen LogP contribution is -2.04. The van der Waals surface area contributed by atoms with Crippen molar-refractivity contribution < 1.29 is 19.4 Å². The van der Waals surface area contributed by atoms with Gasteiger partial charge >= 0.3 is 11.9 Å². The monoisotopic (exact) mass is 234 g/mol. The molecular weight excluding hydrogens is 220 g/mol. The Labute approximate surface area is 99.5 Å². The number of hydrogen-bond acceptors (Lipinski definition) is 3. The summed E-state index contributed by atoms with van der Waals surface area (Å²) < 4.78 is 5.08. The number of carboxylic acids is 1. The van der Waals surface area contributed by atoms with Gasteiger partial charge in [-0.1, -0.05) is 11.6 Å². The van der Waals surface area contributed by atoms with E-state index in [-0.39, 0.29) is 0 Å². The first-order valence-corrected chi connectivity index (χ1v) is 5.11. The minimum atomic E-state index is -1.04. The highest BCUT2D eigenvalue weighted by Gasteiger charge is 2.09. The summed E-state index contributed by atoms with van der Waals surface area (Å²) in [5.74, 6) is -1.07. The molecule has 0 aliphatic carbocycles. The summed E-state index contributed by atoms with van der Waals surface area (Å²) >= 11 is 0. The molecule has 0 unspecified atom stereocenters. The van der Waals surface area contributed by atoms with Crippen molar-refractivity contribution >= 4 is 18.0 Å². The van der Waals surface area contributed by atoms with Crippen LogP contribution in [-0.2, 0) is 9.59 Å². The van der Waals surface area contributed by atoms with Crippen LogP contribution < -0.4 is 4.74 Å². The van der Waals surface area contributed by atoms with Gasteiger partial charge in [0.1, 0.15) is 5.75 Å². The van der Waals surface area contributed by atoms with Gasteiger partial charge in [-0.15, -0.1) is 0 Å². The van der Waals surface area contributed by atoms with Gasteiger partial charge in [-0.3, -0.25) is 4.79 Å². The van der Waals surface area contributed by atoms with E-state index < -0.39 is 11.9 Å². The van der Waals surface area contributed by atoms with Crippen LogP contribution in [0.2, 0.25) is 0 Å². The van der Waals surface area contributed by atoms with Crippen molar-refractivity contribution in [2.75, 3.05) is 0 Å². The van der Waals surface area contributed by atoms with E-state index in [9.17, 15) is 9.59 Å². The Hall–Kier alpha value is -2.10. The van der Waals surface area contributed by atoms with Gasteiger partial charge in [0.15, 0.2) is 0 Å². The molecule has 0 bridgehead atoms. The van der Waals surface area contributed by atoms with Crippen LogP contribution >= 0.6 is 0 Å². The van der Waals surface area contributed by atoms with Crippen molar-refractivity contribution in [3.05, 3.63) is 34.9 Å². The Bertz CT molecular complexity index is 486. The quantitative estimate of drug-likeness (QED) is 0.495. The fourth-order valence-corrected chi connectivity index (χ4v) is 1.56. The van der Waals surface area contributed by atoms with E-state index >= 15 is 0 Å². The number of esters is 1. The summed E-state index contributed by atoms with van der Waals surface area (Å²) in [6.07, 6.45) is 2.43. The highest BCUT2D eigenvalue weighted by Crippen LogP contribution is 2.26. The molecule has 0 aromatic heterocycles. The zero-order valence-corrected chi connectivity index (χ0v) is 9.98. The van der Waals surface area contributed by atoms with Crippen molar-refractivity contribution in [3.63, 3.8) is 0 Å². The Morgan fingerprint density at radius 2 is 1.94 bits per heavy atom. The van der Waals surface area contributed by atoms with Gasteiger partial charge in [0, 0.05) is 18.6 Å². The summed E-state index contributed by atoms with van der Waals surface area (Å²) in [6, 6.07) is 3.64. The predicted octanol–water partition coefficient (Wildman–Crippen LogP) is 2.33. The summed E-state index contributed by atoms with van der Waals surface area (Å²) in [7, 11) is 0. The number of aryl methyl sites for hydroxylation is 2. The Morgan fingerprint density at radius 1 is 1.29 bits per heavy atom. The molecule has 1 aromatic rings. The maximum atomic E-state index is 11.0. The molecule has 4 nitrogen and oxygen atoms in total. The third-order valence-corrected chi connectivity index (χ3v) is 2.10. The Kier molecular flexibility index (Phi) is 4.04. The van der Waals surface area contributed by atoms with Crippen molar-refractivity contribution in [1.29, 1.82) is 0 Å². The molecule has 0 amide bonds. The molecule has 90 valence electrons. The SMILES string of the molecule is CC(=O)Oc1c(C)cc(C)cc1/C=C\C(=O)O. The molecule has 4 heteroatoms. The van der Waals surface area contributed by atoms with Crippen molar-refractivity contribution in [2.45, 2.75) is 20.8 Å². The number of benzene rings is 1. The average Bonchev–Trinajstić information content (AvgIpc) is 2.18. The van der Waals surface area contributed by atoms with Crippen LogP contribution in [-0.4, -0.2) is 17.0 Å². The van der Waals surface area contributed by atoms with E-state index in [0.29, 0.717) is 11.3 Å². The molecule has 0 atom stereocenters.